The Balaban J connectivity index is 1.65. The number of nitrogens with one attached hydrogen (secondary N) is 1. The molecule has 4 nitrogen and oxygen atoms in total. The Bertz CT molecular complexity index is 718. The first kappa shape index (κ1) is 15.6. The summed E-state index contributed by atoms with van der Waals surface area (Å²) in [5.74, 6) is 2.46. The topological polar surface area (TPSA) is 39.7 Å². The predicted molar refractivity (Wildman–Crippen MR) is 95.3 cm³/mol. The standard InChI is InChI=1S/C20H25NO3/c1-22-19-10-9-16-17(20(19)23-2)7-4-8-18(16)24-15-11-13-5-3-6-14(12-15)21-13/h4,7-10,13-15,21H,3,5-6,11-12H2,1-2H3/t13-,14+,15-. The highest BCUT2D eigenvalue weighted by Crippen LogP contribution is 2.40. The zero-order valence-corrected chi connectivity index (χ0v) is 14.4. The van der Waals surface area contributed by atoms with E-state index >= 15 is 0 Å². The van der Waals surface area contributed by atoms with Gasteiger partial charge in [0.2, 0.25) is 0 Å². The van der Waals surface area contributed by atoms with Gasteiger partial charge in [-0.3, -0.25) is 0 Å². The van der Waals surface area contributed by atoms with Crippen molar-refractivity contribution in [3.05, 3.63) is 30.3 Å². The minimum absolute atomic E-state index is 0.292. The Hall–Kier alpha value is -1.94. The van der Waals surface area contributed by atoms with Gasteiger partial charge >= 0.3 is 0 Å². The average Bonchev–Trinajstić information content (AvgIpc) is 2.60. The molecule has 0 unspecified atom stereocenters. The third-order valence-electron chi connectivity index (χ3n) is 5.32. The van der Waals surface area contributed by atoms with E-state index in [1.165, 1.54) is 19.3 Å². The lowest BCUT2D eigenvalue weighted by molar-refractivity contribution is 0.0939. The normalized spacial score (nSPS) is 26.2. The molecule has 2 saturated heterocycles. The first-order valence-corrected chi connectivity index (χ1v) is 8.85. The fourth-order valence-electron chi connectivity index (χ4n) is 4.24. The Morgan fingerprint density at radius 3 is 2.38 bits per heavy atom. The summed E-state index contributed by atoms with van der Waals surface area (Å²) in [5.41, 5.74) is 0. The summed E-state index contributed by atoms with van der Waals surface area (Å²) in [5, 5.41) is 5.84. The minimum Gasteiger partial charge on any atom is -0.493 e. The smallest absolute Gasteiger partial charge is 0.168 e. The predicted octanol–water partition coefficient (Wildman–Crippen LogP) is 3.91. The maximum absolute atomic E-state index is 6.44. The number of rotatable bonds is 4. The quantitative estimate of drug-likeness (QED) is 0.924. The monoisotopic (exact) mass is 327 g/mol. The van der Waals surface area contributed by atoms with Gasteiger partial charge in [0.15, 0.2) is 11.5 Å². The van der Waals surface area contributed by atoms with E-state index < -0.39 is 0 Å². The molecule has 0 saturated carbocycles. The lowest BCUT2D eigenvalue weighted by atomic mass is 9.85. The van der Waals surface area contributed by atoms with Crippen molar-refractivity contribution < 1.29 is 14.2 Å². The van der Waals surface area contributed by atoms with Gasteiger partial charge in [-0.1, -0.05) is 18.6 Å². The molecule has 2 aromatic rings. The Kier molecular flexibility index (Phi) is 4.23. The van der Waals surface area contributed by atoms with Crippen molar-refractivity contribution in [3.8, 4) is 17.2 Å². The second kappa shape index (κ2) is 6.52. The molecule has 1 N–H and O–H groups in total. The molecule has 3 atom stereocenters. The van der Waals surface area contributed by atoms with Crippen molar-refractivity contribution in [2.45, 2.75) is 50.3 Å². The van der Waals surface area contributed by atoms with Crippen molar-refractivity contribution in [2.24, 2.45) is 0 Å². The molecular weight excluding hydrogens is 302 g/mol. The molecule has 2 bridgehead atoms. The number of hydrogen-bond acceptors (Lipinski definition) is 4. The van der Waals surface area contributed by atoms with E-state index in [1.807, 2.05) is 12.1 Å². The second-order valence-electron chi connectivity index (χ2n) is 6.86. The minimum atomic E-state index is 0.292. The first-order valence-electron chi connectivity index (χ1n) is 8.85. The van der Waals surface area contributed by atoms with Crippen molar-refractivity contribution in [1.29, 1.82) is 0 Å². The molecule has 0 aromatic heterocycles. The van der Waals surface area contributed by atoms with E-state index in [4.69, 9.17) is 14.2 Å². The lowest BCUT2D eigenvalue weighted by Gasteiger charge is -2.40. The molecule has 128 valence electrons. The molecule has 4 heteroatoms. The van der Waals surface area contributed by atoms with Gasteiger partial charge in [-0.2, -0.15) is 0 Å². The van der Waals surface area contributed by atoms with Crippen molar-refractivity contribution in [2.75, 3.05) is 14.2 Å². The van der Waals surface area contributed by atoms with E-state index in [0.29, 0.717) is 18.2 Å². The molecule has 2 heterocycles. The van der Waals surface area contributed by atoms with Crippen LogP contribution in [0.4, 0.5) is 0 Å². The third kappa shape index (κ3) is 2.80. The third-order valence-corrected chi connectivity index (χ3v) is 5.32. The SMILES string of the molecule is COc1ccc2c(O[C@@H]3C[C@H]4CCC[C@@H](C3)N4)cccc2c1OC. The molecular formula is C20H25NO3. The van der Waals surface area contributed by atoms with E-state index in [0.717, 1.165) is 40.9 Å². The van der Waals surface area contributed by atoms with E-state index in [9.17, 15) is 0 Å². The van der Waals surface area contributed by atoms with Crippen molar-refractivity contribution in [1.82, 2.24) is 5.32 Å². The molecule has 0 spiro atoms. The van der Waals surface area contributed by atoms with E-state index in [1.54, 1.807) is 14.2 Å². The number of ether oxygens (including phenoxy) is 3. The second-order valence-corrected chi connectivity index (χ2v) is 6.86. The highest BCUT2D eigenvalue weighted by atomic mass is 16.5. The van der Waals surface area contributed by atoms with E-state index in [-0.39, 0.29) is 0 Å². The van der Waals surface area contributed by atoms with Gasteiger partial charge in [-0.05, 0) is 43.9 Å². The molecule has 2 aliphatic heterocycles. The van der Waals surface area contributed by atoms with Gasteiger partial charge in [0, 0.05) is 22.9 Å². The molecule has 4 rings (SSSR count). The summed E-state index contributed by atoms with van der Waals surface area (Å²) in [6.07, 6.45) is 6.38. The van der Waals surface area contributed by atoms with Crippen LogP contribution in [0.5, 0.6) is 17.2 Å². The molecule has 2 aromatic carbocycles. The molecule has 0 radical (unpaired) electrons. The molecule has 2 aliphatic rings. The summed E-state index contributed by atoms with van der Waals surface area (Å²) >= 11 is 0. The summed E-state index contributed by atoms with van der Waals surface area (Å²) in [6, 6.07) is 11.4. The highest BCUT2D eigenvalue weighted by molar-refractivity contribution is 5.95. The van der Waals surface area contributed by atoms with Crippen molar-refractivity contribution in [3.63, 3.8) is 0 Å². The van der Waals surface area contributed by atoms with Crippen LogP contribution in [0.2, 0.25) is 0 Å². The summed E-state index contributed by atoms with van der Waals surface area (Å²) < 4.78 is 17.4. The largest absolute Gasteiger partial charge is 0.493 e. The molecule has 24 heavy (non-hydrogen) atoms. The van der Waals surface area contributed by atoms with Crippen LogP contribution >= 0.6 is 0 Å². The summed E-state index contributed by atoms with van der Waals surface area (Å²) in [7, 11) is 3.34. The molecule has 0 amide bonds. The Morgan fingerprint density at radius 2 is 1.67 bits per heavy atom. The maximum atomic E-state index is 6.44. The lowest BCUT2D eigenvalue weighted by Crippen LogP contribution is -2.51. The van der Waals surface area contributed by atoms with Gasteiger partial charge < -0.3 is 19.5 Å². The zero-order chi connectivity index (χ0) is 16.5. The first-order chi connectivity index (χ1) is 11.8. The van der Waals surface area contributed by atoms with Gasteiger partial charge in [0.25, 0.3) is 0 Å². The molecule has 2 fully saturated rings. The number of hydrogen-bond donors (Lipinski definition) is 1. The van der Waals surface area contributed by atoms with Crippen LogP contribution in [0, 0.1) is 0 Å². The van der Waals surface area contributed by atoms with E-state index in [2.05, 4.69) is 23.5 Å². The number of benzene rings is 2. The van der Waals surface area contributed by atoms with Gasteiger partial charge in [0.1, 0.15) is 11.9 Å². The number of fused-ring (bicyclic) bond motifs is 3. The average molecular weight is 327 g/mol. The van der Waals surface area contributed by atoms with Gasteiger partial charge in [-0.15, -0.1) is 0 Å². The summed E-state index contributed by atoms with van der Waals surface area (Å²) in [4.78, 5) is 0. The van der Waals surface area contributed by atoms with Gasteiger partial charge in [-0.25, -0.2) is 0 Å². The number of piperidine rings is 2. The molecule has 0 aliphatic carbocycles. The van der Waals surface area contributed by atoms with Crippen LogP contribution in [0.1, 0.15) is 32.1 Å². The Labute approximate surface area is 143 Å². The maximum Gasteiger partial charge on any atom is 0.168 e. The fourth-order valence-corrected chi connectivity index (χ4v) is 4.24. The summed E-state index contributed by atoms with van der Waals surface area (Å²) in [6.45, 7) is 0. The van der Waals surface area contributed by atoms with Crippen LogP contribution in [0.3, 0.4) is 0 Å². The van der Waals surface area contributed by atoms with Gasteiger partial charge in [0.05, 0.1) is 14.2 Å². The highest BCUT2D eigenvalue weighted by Gasteiger charge is 2.32. The Morgan fingerprint density at radius 1 is 0.875 bits per heavy atom. The fraction of sp³-hybridized carbons (Fsp3) is 0.500. The number of methoxy groups -OCH3 is 2. The van der Waals surface area contributed by atoms with Crippen LogP contribution in [0.15, 0.2) is 30.3 Å². The van der Waals surface area contributed by atoms with Crippen LogP contribution < -0.4 is 19.5 Å². The van der Waals surface area contributed by atoms with Crippen LogP contribution in [-0.4, -0.2) is 32.4 Å². The van der Waals surface area contributed by atoms with Crippen LogP contribution in [0.25, 0.3) is 10.8 Å². The zero-order valence-electron chi connectivity index (χ0n) is 14.4. The van der Waals surface area contributed by atoms with Crippen LogP contribution in [-0.2, 0) is 0 Å². The van der Waals surface area contributed by atoms with Crippen molar-refractivity contribution >= 4 is 10.8 Å².